The number of aliphatic imine (C=N–C) groups is 1. The number of nitrogens with zero attached hydrogens (tertiary/aromatic N) is 2. The van der Waals surface area contributed by atoms with E-state index in [4.69, 9.17) is 16.7 Å². The number of hydrogen-bond acceptors (Lipinski definition) is 5. The van der Waals surface area contributed by atoms with Crippen LogP contribution in [0.25, 0.3) is 0 Å². The van der Waals surface area contributed by atoms with Crippen molar-refractivity contribution >= 4 is 5.96 Å². The molecule has 52 valence electrons. The van der Waals surface area contributed by atoms with Gasteiger partial charge >= 0.3 is 0 Å². The Morgan fingerprint density at radius 1 is 1.80 bits per heavy atom. The first-order chi connectivity index (χ1) is 4.66. The van der Waals surface area contributed by atoms with Crippen molar-refractivity contribution in [3.05, 3.63) is 12.3 Å². The lowest BCUT2D eigenvalue weighted by atomic mass is 10.2. The number of rotatable bonds is 0. The molecule has 0 spiro atoms. The average molecular weight is 137 g/mol. The van der Waals surface area contributed by atoms with Crippen LogP contribution in [0.5, 0.6) is 0 Å². The molecule has 0 aromatic rings. The lowest BCUT2D eigenvalue weighted by Crippen LogP contribution is -2.43. The average Bonchev–Trinajstić information content (AvgIpc) is 1.88. The molecule has 0 saturated carbocycles. The number of nitriles is 1. The third-order valence-electron chi connectivity index (χ3n) is 1.05. The molecule has 0 radical (unpaired) electrons. The Bertz CT molecular complexity index is 235. The van der Waals surface area contributed by atoms with E-state index in [1.165, 1.54) is 12.3 Å². The monoisotopic (exact) mass is 137 g/mol. The van der Waals surface area contributed by atoms with Crippen molar-refractivity contribution in [2.45, 2.75) is 5.66 Å². The minimum absolute atomic E-state index is 0.159. The Labute approximate surface area is 58.0 Å². The molecular formula is C5H7N5. The molecule has 0 bridgehead atoms. The smallest absolute Gasteiger partial charge is 0.220 e. The van der Waals surface area contributed by atoms with Gasteiger partial charge in [0.05, 0.1) is 0 Å². The molecule has 5 heteroatoms. The van der Waals surface area contributed by atoms with Crippen molar-refractivity contribution in [3.63, 3.8) is 0 Å². The molecule has 0 aromatic heterocycles. The Kier molecular flexibility index (Phi) is 1.32. The maximum absolute atomic E-state index is 8.45. The second-order valence-corrected chi connectivity index (χ2v) is 1.91. The minimum atomic E-state index is -1.28. The van der Waals surface area contributed by atoms with Crippen molar-refractivity contribution < 1.29 is 0 Å². The quantitative estimate of drug-likeness (QED) is 0.382. The van der Waals surface area contributed by atoms with E-state index in [9.17, 15) is 0 Å². The third kappa shape index (κ3) is 1.06. The molecule has 1 rings (SSSR count). The number of nitrogens with two attached hydrogens (primary N) is 2. The highest BCUT2D eigenvalue weighted by Crippen LogP contribution is 2.04. The summed E-state index contributed by atoms with van der Waals surface area (Å²) in [6, 6.07) is 1.79. The summed E-state index contributed by atoms with van der Waals surface area (Å²) in [7, 11) is 0. The van der Waals surface area contributed by atoms with Crippen molar-refractivity contribution in [1.82, 2.24) is 5.32 Å². The molecular weight excluding hydrogens is 130 g/mol. The third-order valence-corrected chi connectivity index (χ3v) is 1.05. The lowest BCUT2D eigenvalue weighted by Gasteiger charge is -2.16. The Morgan fingerprint density at radius 3 is 2.90 bits per heavy atom. The van der Waals surface area contributed by atoms with Crippen LogP contribution in [-0.4, -0.2) is 11.6 Å². The minimum Gasteiger partial charge on any atom is -0.370 e. The zero-order chi connectivity index (χ0) is 7.61. The summed E-state index contributed by atoms with van der Waals surface area (Å²) in [6.45, 7) is 0. The Hall–Kier alpha value is -1.54. The van der Waals surface area contributed by atoms with Crippen molar-refractivity contribution in [1.29, 1.82) is 5.26 Å². The molecule has 1 heterocycles. The molecule has 1 atom stereocenters. The molecule has 1 aliphatic heterocycles. The summed E-state index contributed by atoms with van der Waals surface area (Å²) in [4.78, 5) is 3.65. The molecule has 0 aliphatic carbocycles. The van der Waals surface area contributed by atoms with Gasteiger partial charge in [-0.3, -0.25) is 5.73 Å². The van der Waals surface area contributed by atoms with Gasteiger partial charge in [-0.05, 0) is 6.08 Å². The summed E-state index contributed by atoms with van der Waals surface area (Å²) in [6.07, 6.45) is 2.93. The normalized spacial score (nSPS) is 30.2. The first-order valence-electron chi connectivity index (χ1n) is 2.66. The molecule has 0 aromatic carbocycles. The van der Waals surface area contributed by atoms with E-state index < -0.39 is 5.66 Å². The molecule has 1 unspecified atom stereocenters. The lowest BCUT2D eigenvalue weighted by molar-refractivity contribution is 0.691. The van der Waals surface area contributed by atoms with Gasteiger partial charge in [0, 0.05) is 6.20 Å². The van der Waals surface area contributed by atoms with Crippen LogP contribution in [0, 0.1) is 11.3 Å². The largest absolute Gasteiger partial charge is 0.370 e. The Balaban J connectivity index is 2.91. The van der Waals surface area contributed by atoms with E-state index >= 15 is 0 Å². The Morgan fingerprint density at radius 2 is 2.50 bits per heavy atom. The number of hydrogen-bond donors (Lipinski definition) is 3. The second-order valence-electron chi connectivity index (χ2n) is 1.91. The van der Waals surface area contributed by atoms with E-state index in [1.807, 2.05) is 0 Å². The topological polar surface area (TPSA) is 100 Å². The first-order valence-corrected chi connectivity index (χ1v) is 2.66. The highest BCUT2D eigenvalue weighted by Gasteiger charge is 2.21. The van der Waals surface area contributed by atoms with Gasteiger partial charge in [0.1, 0.15) is 6.07 Å². The second kappa shape index (κ2) is 2.01. The van der Waals surface area contributed by atoms with Gasteiger partial charge in [-0.2, -0.15) is 5.26 Å². The van der Waals surface area contributed by atoms with E-state index in [0.717, 1.165) is 0 Å². The number of nitrogens with one attached hydrogen (secondary N) is 1. The zero-order valence-electron chi connectivity index (χ0n) is 5.20. The van der Waals surface area contributed by atoms with Crippen LogP contribution >= 0.6 is 0 Å². The van der Waals surface area contributed by atoms with E-state index in [-0.39, 0.29) is 5.96 Å². The molecule has 0 saturated heterocycles. The molecule has 0 amide bonds. The standard InChI is InChI=1S/C5H7N5/c6-3-5(8)1-2-9-4(7)10-5/h1-2H,8H2,(H3,7,9,10). The predicted molar refractivity (Wildman–Crippen MR) is 36.4 cm³/mol. The maximum Gasteiger partial charge on any atom is 0.220 e. The molecule has 5 nitrogen and oxygen atoms in total. The van der Waals surface area contributed by atoms with Gasteiger partial charge in [0.15, 0.2) is 5.96 Å². The van der Waals surface area contributed by atoms with E-state index in [1.54, 1.807) is 6.07 Å². The maximum atomic E-state index is 8.45. The van der Waals surface area contributed by atoms with Gasteiger partial charge in [-0.25, -0.2) is 4.99 Å². The van der Waals surface area contributed by atoms with Crippen LogP contribution in [0.2, 0.25) is 0 Å². The van der Waals surface area contributed by atoms with Crippen LogP contribution in [-0.2, 0) is 0 Å². The van der Waals surface area contributed by atoms with Gasteiger partial charge in [0.2, 0.25) is 5.66 Å². The molecule has 0 fully saturated rings. The van der Waals surface area contributed by atoms with Crippen LogP contribution in [0.3, 0.4) is 0 Å². The van der Waals surface area contributed by atoms with Crippen LogP contribution < -0.4 is 16.8 Å². The summed E-state index contributed by atoms with van der Waals surface area (Å²) < 4.78 is 0. The summed E-state index contributed by atoms with van der Waals surface area (Å²) in [5.41, 5.74) is 9.35. The van der Waals surface area contributed by atoms with Crippen LogP contribution in [0.15, 0.2) is 17.3 Å². The zero-order valence-corrected chi connectivity index (χ0v) is 5.20. The summed E-state index contributed by atoms with van der Waals surface area (Å²) in [5.74, 6) is 0.159. The highest BCUT2D eigenvalue weighted by atomic mass is 15.2. The van der Waals surface area contributed by atoms with Crippen LogP contribution in [0.1, 0.15) is 0 Å². The predicted octanol–water partition coefficient (Wildman–Crippen LogP) is -1.40. The fourth-order valence-electron chi connectivity index (χ4n) is 0.585. The van der Waals surface area contributed by atoms with Crippen molar-refractivity contribution in [2.24, 2.45) is 16.5 Å². The first kappa shape index (κ1) is 6.58. The van der Waals surface area contributed by atoms with Crippen molar-refractivity contribution in [3.8, 4) is 6.07 Å². The van der Waals surface area contributed by atoms with Crippen LogP contribution in [0.4, 0.5) is 0 Å². The van der Waals surface area contributed by atoms with Gasteiger partial charge in [-0.15, -0.1) is 0 Å². The fourth-order valence-corrected chi connectivity index (χ4v) is 0.585. The molecule has 1 aliphatic rings. The highest BCUT2D eigenvalue weighted by molar-refractivity contribution is 5.80. The molecule has 5 N–H and O–H groups in total. The van der Waals surface area contributed by atoms with Crippen molar-refractivity contribution in [2.75, 3.05) is 0 Å². The molecule has 10 heavy (non-hydrogen) atoms. The number of guanidine groups is 1. The van der Waals surface area contributed by atoms with E-state index in [2.05, 4.69) is 10.3 Å². The van der Waals surface area contributed by atoms with Gasteiger partial charge in [0.25, 0.3) is 0 Å². The fraction of sp³-hybridized carbons (Fsp3) is 0.200. The van der Waals surface area contributed by atoms with Gasteiger partial charge < -0.3 is 11.1 Å². The summed E-state index contributed by atoms with van der Waals surface area (Å²) in [5, 5.41) is 11.0. The summed E-state index contributed by atoms with van der Waals surface area (Å²) >= 11 is 0. The van der Waals surface area contributed by atoms with Gasteiger partial charge in [-0.1, -0.05) is 0 Å². The van der Waals surface area contributed by atoms with E-state index in [0.29, 0.717) is 0 Å². The SMILES string of the molecule is N#CC1(N)C=CNC(N)=N1.